The van der Waals surface area contributed by atoms with E-state index in [1.165, 1.54) is 4.90 Å². The van der Waals surface area contributed by atoms with Crippen molar-refractivity contribution < 1.29 is 14.1 Å². The van der Waals surface area contributed by atoms with Crippen LogP contribution in [0.3, 0.4) is 0 Å². The van der Waals surface area contributed by atoms with E-state index in [-0.39, 0.29) is 5.91 Å². The van der Waals surface area contributed by atoms with Crippen molar-refractivity contribution >= 4 is 33.4 Å². The highest BCUT2D eigenvalue weighted by atomic mass is 79.9. The number of rotatable bonds is 3. The molecule has 2 aromatic rings. The van der Waals surface area contributed by atoms with Crippen LogP contribution in [-0.4, -0.2) is 37.0 Å². The number of amides is 1. The number of benzene rings is 1. The molecule has 22 heavy (non-hydrogen) atoms. The van der Waals surface area contributed by atoms with Crippen LogP contribution < -0.4 is 4.90 Å². The molecular formula is C16H17BrClN2O2+. The van der Waals surface area contributed by atoms with Crippen molar-refractivity contribution in [2.24, 2.45) is 0 Å². The van der Waals surface area contributed by atoms with Crippen LogP contribution in [0.15, 0.2) is 45.5 Å². The van der Waals surface area contributed by atoms with Gasteiger partial charge in [0.15, 0.2) is 10.4 Å². The van der Waals surface area contributed by atoms with Crippen molar-refractivity contribution in [3.63, 3.8) is 0 Å². The number of carbonyl (C=O) groups excluding carboxylic acids is 1. The fourth-order valence-electron chi connectivity index (χ4n) is 2.70. The Kier molecular flexibility index (Phi) is 4.86. The Morgan fingerprint density at radius 3 is 2.59 bits per heavy atom. The van der Waals surface area contributed by atoms with Gasteiger partial charge in [-0.2, -0.15) is 0 Å². The first kappa shape index (κ1) is 15.6. The number of nitrogens with one attached hydrogen (secondary N) is 1. The highest BCUT2D eigenvalue weighted by Crippen LogP contribution is 2.16. The molecule has 0 radical (unpaired) electrons. The monoisotopic (exact) mass is 383 g/mol. The summed E-state index contributed by atoms with van der Waals surface area (Å²) in [4.78, 5) is 15.6. The van der Waals surface area contributed by atoms with Crippen LogP contribution >= 0.6 is 27.5 Å². The summed E-state index contributed by atoms with van der Waals surface area (Å²) in [5.74, 6) is 0.351. The maximum absolute atomic E-state index is 12.3. The van der Waals surface area contributed by atoms with E-state index in [2.05, 4.69) is 22.0 Å². The first-order valence-corrected chi connectivity index (χ1v) is 8.42. The maximum Gasteiger partial charge on any atom is 0.290 e. The Morgan fingerprint density at radius 1 is 1.23 bits per heavy atom. The van der Waals surface area contributed by atoms with Gasteiger partial charge in [-0.05, 0) is 34.1 Å². The molecule has 1 aliphatic heterocycles. The molecule has 0 saturated carbocycles. The molecule has 4 nitrogen and oxygen atoms in total. The van der Waals surface area contributed by atoms with Gasteiger partial charge in [-0.3, -0.25) is 4.79 Å². The molecule has 0 unspecified atom stereocenters. The summed E-state index contributed by atoms with van der Waals surface area (Å²) in [7, 11) is 0. The summed E-state index contributed by atoms with van der Waals surface area (Å²) in [6.07, 6.45) is 0. The van der Waals surface area contributed by atoms with E-state index < -0.39 is 0 Å². The van der Waals surface area contributed by atoms with E-state index in [0.717, 1.165) is 43.3 Å². The van der Waals surface area contributed by atoms with E-state index in [9.17, 15) is 4.79 Å². The third-order valence-corrected chi connectivity index (χ3v) is 4.73. The van der Waals surface area contributed by atoms with Gasteiger partial charge in [-0.1, -0.05) is 29.8 Å². The van der Waals surface area contributed by atoms with Crippen LogP contribution in [0.25, 0.3) is 0 Å². The van der Waals surface area contributed by atoms with Crippen LogP contribution in [0.4, 0.5) is 0 Å². The van der Waals surface area contributed by atoms with Gasteiger partial charge in [-0.15, -0.1) is 0 Å². The average Bonchev–Trinajstić information content (AvgIpc) is 2.96. The van der Waals surface area contributed by atoms with E-state index in [0.29, 0.717) is 10.4 Å². The Labute approximate surface area is 142 Å². The molecule has 116 valence electrons. The lowest BCUT2D eigenvalue weighted by atomic mass is 10.2. The summed E-state index contributed by atoms with van der Waals surface area (Å²) >= 11 is 9.43. The molecule has 1 aromatic heterocycles. The molecule has 1 fully saturated rings. The quantitative estimate of drug-likeness (QED) is 0.881. The van der Waals surface area contributed by atoms with Gasteiger partial charge < -0.3 is 14.2 Å². The third kappa shape index (κ3) is 3.54. The van der Waals surface area contributed by atoms with Crippen LogP contribution in [-0.2, 0) is 6.54 Å². The summed E-state index contributed by atoms with van der Waals surface area (Å²) in [6, 6.07) is 11.4. The number of furan rings is 1. The zero-order valence-electron chi connectivity index (χ0n) is 12.0. The van der Waals surface area contributed by atoms with Crippen molar-refractivity contribution in [2.75, 3.05) is 26.2 Å². The topological polar surface area (TPSA) is 37.9 Å². The summed E-state index contributed by atoms with van der Waals surface area (Å²) in [5.41, 5.74) is 1.16. The smallest absolute Gasteiger partial charge is 0.290 e. The van der Waals surface area contributed by atoms with E-state index in [4.69, 9.17) is 16.0 Å². The Hall–Kier alpha value is -1.30. The van der Waals surface area contributed by atoms with E-state index in [1.807, 2.05) is 23.1 Å². The van der Waals surface area contributed by atoms with Crippen molar-refractivity contribution in [1.82, 2.24) is 4.90 Å². The van der Waals surface area contributed by atoms with Crippen molar-refractivity contribution in [1.29, 1.82) is 0 Å². The predicted octanol–water partition coefficient (Wildman–Crippen LogP) is 2.24. The van der Waals surface area contributed by atoms with Gasteiger partial charge in [0, 0.05) is 10.6 Å². The number of piperazine rings is 1. The zero-order valence-corrected chi connectivity index (χ0v) is 14.4. The number of hydrogen-bond donors (Lipinski definition) is 1. The standard InChI is InChI=1S/C16H16BrClN2O2/c17-15-6-5-14(22-15)16(21)20-9-7-19(8-10-20)11-12-3-1-2-4-13(12)18/h1-6H,7-11H2/p+1. The summed E-state index contributed by atoms with van der Waals surface area (Å²) in [5, 5.41) is 0.814. The molecule has 3 rings (SSSR count). The largest absolute Gasteiger partial charge is 0.444 e. The Bertz CT molecular complexity index is 666. The second kappa shape index (κ2) is 6.86. The highest BCUT2D eigenvalue weighted by molar-refractivity contribution is 9.10. The molecular weight excluding hydrogens is 368 g/mol. The number of quaternary nitrogens is 1. The van der Waals surface area contributed by atoms with Gasteiger partial charge in [0.05, 0.1) is 26.2 Å². The Balaban J connectivity index is 1.56. The minimum absolute atomic E-state index is 0.0394. The normalized spacial score (nSPS) is 16.0. The summed E-state index contributed by atoms with van der Waals surface area (Å²) < 4.78 is 5.92. The van der Waals surface area contributed by atoms with Crippen molar-refractivity contribution in [2.45, 2.75) is 6.54 Å². The molecule has 1 amide bonds. The van der Waals surface area contributed by atoms with Crippen LogP contribution in [0, 0.1) is 0 Å². The lowest BCUT2D eigenvalue weighted by Gasteiger charge is -2.31. The number of hydrogen-bond acceptors (Lipinski definition) is 2. The third-order valence-electron chi connectivity index (χ3n) is 3.94. The number of nitrogens with zero attached hydrogens (tertiary/aromatic N) is 1. The molecule has 6 heteroatoms. The van der Waals surface area contributed by atoms with Gasteiger partial charge >= 0.3 is 0 Å². The molecule has 2 heterocycles. The predicted molar refractivity (Wildman–Crippen MR) is 88.2 cm³/mol. The SMILES string of the molecule is O=C(c1ccc(Br)o1)N1CC[NH+](Cc2ccccc2Cl)CC1. The van der Waals surface area contributed by atoms with Gasteiger partial charge in [0.2, 0.25) is 0 Å². The van der Waals surface area contributed by atoms with Crippen molar-refractivity contribution in [3.8, 4) is 0 Å². The molecule has 1 saturated heterocycles. The van der Waals surface area contributed by atoms with Gasteiger partial charge in [0.25, 0.3) is 5.91 Å². The minimum Gasteiger partial charge on any atom is -0.444 e. The molecule has 0 atom stereocenters. The van der Waals surface area contributed by atoms with Crippen LogP contribution in [0.5, 0.6) is 0 Å². The van der Waals surface area contributed by atoms with E-state index in [1.54, 1.807) is 12.1 Å². The minimum atomic E-state index is -0.0394. The maximum atomic E-state index is 12.3. The van der Waals surface area contributed by atoms with Gasteiger partial charge in [0.1, 0.15) is 6.54 Å². The van der Waals surface area contributed by atoms with Crippen LogP contribution in [0.1, 0.15) is 16.1 Å². The first-order chi connectivity index (χ1) is 10.6. The second-order valence-electron chi connectivity index (χ2n) is 5.41. The fourth-order valence-corrected chi connectivity index (χ4v) is 3.21. The van der Waals surface area contributed by atoms with Crippen LogP contribution in [0.2, 0.25) is 5.02 Å². The highest BCUT2D eigenvalue weighted by Gasteiger charge is 2.26. The fraction of sp³-hybridized carbons (Fsp3) is 0.312. The number of carbonyl (C=O) groups is 1. The lowest BCUT2D eigenvalue weighted by Crippen LogP contribution is -3.13. The lowest BCUT2D eigenvalue weighted by molar-refractivity contribution is -0.917. The zero-order chi connectivity index (χ0) is 15.5. The molecule has 0 aliphatic carbocycles. The average molecular weight is 385 g/mol. The summed E-state index contributed by atoms with van der Waals surface area (Å²) in [6.45, 7) is 4.19. The second-order valence-corrected chi connectivity index (χ2v) is 6.60. The van der Waals surface area contributed by atoms with Gasteiger partial charge in [-0.25, -0.2) is 0 Å². The molecule has 1 aliphatic rings. The molecule has 0 spiro atoms. The molecule has 1 aromatic carbocycles. The Morgan fingerprint density at radius 2 is 1.95 bits per heavy atom. The van der Waals surface area contributed by atoms with E-state index >= 15 is 0 Å². The number of halogens is 2. The molecule has 0 bridgehead atoms. The first-order valence-electron chi connectivity index (χ1n) is 7.25. The molecule has 1 N–H and O–H groups in total. The van der Waals surface area contributed by atoms with Crippen molar-refractivity contribution in [3.05, 3.63) is 57.4 Å².